The van der Waals surface area contributed by atoms with Gasteiger partial charge >= 0.3 is 11.9 Å². The van der Waals surface area contributed by atoms with Crippen LogP contribution in [-0.2, 0) is 16.1 Å². The predicted molar refractivity (Wildman–Crippen MR) is 73.5 cm³/mol. The van der Waals surface area contributed by atoms with Gasteiger partial charge < -0.3 is 9.84 Å². The number of hydrogen-bond donors (Lipinski definition) is 1. The Bertz CT molecular complexity index is 483. The van der Waals surface area contributed by atoms with Crippen molar-refractivity contribution in [3.63, 3.8) is 0 Å². The molecule has 108 valence electrons. The van der Waals surface area contributed by atoms with Gasteiger partial charge in [0.05, 0.1) is 12.7 Å². The van der Waals surface area contributed by atoms with Crippen molar-refractivity contribution >= 4 is 11.9 Å². The van der Waals surface area contributed by atoms with Crippen molar-refractivity contribution in [2.75, 3.05) is 13.7 Å². The third kappa shape index (κ3) is 3.36. The lowest BCUT2D eigenvalue weighted by molar-refractivity contribution is -0.148. The zero-order chi connectivity index (χ0) is 14.5. The average Bonchev–Trinajstić information content (AvgIpc) is 2.47. The van der Waals surface area contributed by atoms with Crippen LogP contribution in [0.3, 0.4) is 0 Å². The van der Waals surface area contributed by atoms with Gasteiger partial charge in [-0.05, 0) is 37.1 Å². The molecule has 0 aliphatic carbocycles. The van der Waals surface area contributed by atoms with E-state index in [0.717, 1.165) is 31.4 Å². The molecule has 0 aromatic heterocycles. The number of benzene rings is 1. The van der Waals surface area contributed by atoms with E-state index in [4.69, 9.17) is 9.84 Å². The molecule has 1 aliphatic heterocycles. The summed E-state index contributed by atoms with van der Waals surface area (Å²) in [5, 5.41) is 8.87. The van der Waals surface area contributed by atoms with Gasteiger partial charge in [-0.1, -0.05) is 18.6 Å². The van der Waals surface area contributed by atoms with Crippen molar-refractivity contribution in [2.24, 2.45) is 0 Å². The van der Waals surface area contributed by atoms with Crippen molar-refractivity contribution in [2.45, 2.75) is 31.8 Å². The first-order valence-electron chi connectivity index (χ1n) is 6.76. The number of carboxylic acid groups (broad SMARTS) is 1. The van der Waals surface area contributed by atoms with E-state index in [1.165, 1.54) is 7.11 Å². The van der Waals surface area contributed by atoms with Crippen LogP contribution in [0.5, 0.6) is 0 Å². The zero-order valence-corrected chi connectivity index (χ0v) is 11.5. The van der Waals surface area contributed by atoms with Gasteiger partial charge in [0.1, 0.15) is 6.04 Å². The van der Waals surface area contributed by atoms with E-state index in [2.05, 4.69) is 4.90 Å². The molecule has 5 nitrogen and oxygen atoms in total. The van der Waals surface area contributed by atoms with Gasteiger partial charge in [0, 0.05) is 6.54 Å². The molecule has 0 saturated carbocycles. The molecular weight excluding hydrogens is 258 g/mol. The second-order valence-corrected chi connectivity index (χ2v) is 5.01. The lowest BCUT2D eigenvalue weighted by atomic mass is 10.0. The average molecular weight is 277 g/mol. The monoisotopic (exact) mass is 277 g/mol. The quantitative estimate of drug-likeness (QED) is 0.852. The lowest BCUT2D eigenvalue weighted by Crippen LogP contribution is -2.44. The van der Waals surface area contributed by atoms with Crippen LogP contribution in [0.1, 0.15) is 35.2 Å². The Morgan fingerprint density at radius 2 is 2.00 bits per heavy atom. The summed E-state index contributed by atoms with van der Waals surface area (Å²) in [4.78, 5) is 24.7. The standard InChI is InChI=1S/C15H19NO4/c1-20-15(19)13-4-2-3-9-16(13)10-11-5-7-12(8-6-11)14(17)18/h5-8,13H,2-4,9-10H2,1H3,(H,17,18)/t13-/m1/s1. The highest BCUT2D eigenvalue weighted by molar-refractivity contribution is 5.87. The van der Waals surface area contributed by atoms with E-state index >= 15 is 0 Å². The molecule has 0 amide bonds. The Morgan fingerprint density at radius 3 is 2.60 bits per heavy atom. The minimum Gasteiger partial charge on any atom is -0.478 e. The number of rotatable bonds is 4. The molecule has 0 bridgehead atoms. The number of carbonyl (C=O) groups is 2. The van der Waals surface area contributed by atoms with Crippen molar-refractivity contribution in [1.29, 1.82) is 0 Å². The molecule has 20 heavy (non-hydrogen) atoms. The molecule has 1 saturated heterocycles. The fourth-order valence-electron chi connectivity index (χ4n) is 2.57. The Morgan fingerprint density at radius 1 is 1.30 bits per heavy atom. The van der Waals surface area contributed by atoms with Gasteiger partial charge in [0.2, 0.25) is 0 Å². The molecule has 0 unspecified atom stereocenters. The van der Waals surface area contributed by atoms with Gasteiger partial charge in [0.15, 0.2) is 0 Å². The van der Waals surface area contributed by atoms with Crippen LogP contribution in [0.2, 0.25) is 0 Å². The largest absolute Gasteiger partial charge is 0.478 e. The number of aromatic carboxylic acids is 1. The number of piperidine rings is 1. The molecule has 2 rings (SSSR count). The fraction of sp³-hybridized carbons (Fsp3) is 0.467. The first-order chi connectivity index (χ1) is 9.61. The first kappa shape index (κ1) is 14.5. The Kier molecular flexibility index (Phi) is 4.74. The molecule has 1 aromatic rings. The van der Waals surface area contributed by atoms with Crippen LogP contribution in [0.25, 0.3) is 0 Å². The molecule has 0 spiro atoms. The number of nitrogens with zero attached hydrogens (tertiary/aromatic N) is 1. The van der Waals surface area contributed by atoms with Crippen molar-refractivity contribution in [1.82, 2.24) is 4.90 Å². The number of methoxy groups -OCH3 is 1. The second-order valence-electron chi connectivity index (χ2n) is 5.01. The van der Waals surface area contributed by atoms with Crippen LogP contribution < -0.4 is 0 Å². The van der Waals surface area contributed by atoms with E-state index in [-0.39, 0.29) is 17.6 Å². The normalized spacial score (nSPS) is 19.6. The molecule has 0 radical (unpaired) electrons. The number of hydrogen-bond acceptors (Lipinski definition) is 4. The van der Waals surface area contributed by atoms with Gasteiger partial charge in [-0.3, -0.25) is 9.69 Å². The Balaban J connectivity index is 2.06. The minimum absolute atomic E-state index is 0.187. The molecule has 5 heteroatoms. The van der Waals surface area contributed by atoms with Gasteiger partial charge in [-0.2, -0.15) is 0 Å². The molecule has 1 atom stereocenters. The lowest BCUT2D eigenvalue weighted by Gasteiger charge is -2.33. The molecular formula is C15H19NO4. The molecule has 1 aliphatic rings. The van der Waals surface area contributed by atoms with E-state index in [0.29, 0.717) is 6.54 Å². The van der Waals surface area contributed by atoms with Crippen LogP contribution in [0.4, 0.5) is 0 Å². The fourth-order valence-corrected chi connectivity index (χ4v) is 2.57. The van der Waals surface area contributed by atoms with Crippen LogP contribution >= 0.6 is 0 Å². The van der Waals surface area contributed by atoms with Gasteiger partial charge in [-0.25, -0.2) is 4.79 Å². The second kappa shape index (κ2) is 6.52. The maximum absolute atomic E-state index is 11.8. The van der Waals surface area contributed by atoms with Crippen LogP contribution in [-0.4, -0.2) is 41.6 Å². The van der Waals surface area contributed by atoms with E-state index in [1.807, 2.05) is 0 Å². The topological polar surface area (TPSA) is 66.8 Å². The number of ether oxygens (including phenoxy) is 1. The smallest absolute Gasteiger partial charge is 0.335 e. The zero-order valence-electron chi connectivity index (χ0n) is 11.5. The summed E-state index contributed by atoms with van der Waals surface area (Å²) < 4.78 is 4.85. The number of carbonyl (C=O) groups excluding carboxylic acids is 1. The van der Waals surface area contributed by atoms with E-state index in [9.17, 15) is 9.59 Å². The molecule has 1 N–H and O–H groups in total. The molecule has 1 aromatic carbocycles. The van der Waals surface area contributed by atoms with Crippen LogP contribution in [0.15, 0.2) is 24.3 Å². The highest BCUT2D eigenvalue weighted by Crippen LogP contribution is 2.20. The number of esters is 1. The summed E-state index contributed by atoms with van der Waals surface area (Å²) in [6.45, 7) is 1.50. The Hall–Kier alpha value is -1.88. The summed E-state index contributed by atoms with van der Waals surface area (Å²) in [5.41, 5.74) is 1.28. The Labute approximate surface area is 118 Å². The highest BCUT2D eigenvalue weighted by Gasteiger charge is 2.29. The third-order valence-corrected chi connectivity index (χ3v) is 3.67. The maximum atomic E-state index is 11.8. The summed E-state index contributed by atoms with van der Waals surface area (Å²) in [5.74, 6) is -1.12. The van der Waals surface area contributed by atoms with Crippen molar-refractivity contribution in [3.8, 4) is 0 Å². The summed E-state index contributed by atoms with van der Waals surface area (Å²) in [6, 6.07) is 6.59. The number of likely N-dealkylation sites (tertiary alicyclic amines) is 1. The maximum Gasteiger partial charge on any atom is 0.335 e. The number of carboxylic acids is 1. The predicted octanol–water partition coefficient (Wildman–Crippen LogP) is 1.91. The summed E-state index contributed by atoms with van der Waals surface area (Å²) in [6.07, 6.45) is 2.93. The SMILES string of the molecule is COC(=O)[C@H]1CCCCN1Cc1ccc(C(=O)O)cc1. The minimum atomic E-state index is -0.929. The van der Waals surface area contributed by atoms with Crippen molar-refractivity contribution in [3.05, 3.63) is 35.4 Å². The molecule has 1 heterocycles. The van der Waals surface area contributed by atoms with E-state index in [1.54, 1.807) is 24.3 Å². The summed E-state index contributed by atoms with van der Waals surface area (Å²) in [7, 11) is 1.41. The summed E-state index contributed by atoms with van der Waals surface area (Å²) >= 11 is 0. The third-order valence-electron chi connectivity index (χ3n) is 3.67. The van der Waals surface area contributed by atoms with Gasteiger partial charge in [-0.15, -0.1) is 0 Å². The highest BCUT2D eigenvalue weighted by atomic mass is 16.5. The van der Waals surface area contributed by atoms with Crippen molar-refractivity contribution < 1.29 is 19.4 Å². The first-order valence-corrected chi connectivity index (χ1v) is 6.76. The van der Waals surface area contributed by atoms with E-state index < -0.39 is 5.97 Å². The molecule has 1 fully saturated rings. The van der Waals surface area contributed by atoms with Gasteiger partial charge in [0.25, 0.3) is 0 Å². The van der Waals surface area contributed by atoms with Crippen LogP contribution in [0, 0.1) is 0 Å².